The monoisotopic (exact) mass is 590 g/mol. The lowest BCUT2D eigenvalue weighted by atomic mass is 10.0. The summed E-state index contributed by atoms with van der Waals surface area (Å²) in [5.41, 5.74) is -4.30. The Morgan fingerprint density at radius 3 is 2.69 bits per heavy atom. The zero-order valence-corrected chi connectivity index (χ0v) is 23.9. The van der Waals surface area contributed by atoms with E-state index in [-0.39, 0.29) is 34.0 Å². The van der Waals surface area contributed by atoms with E-state index in [1.807, 2.05) is 6.07 Å². The number of hydrogen-bond donors (Lipinski definition) is 1. The van der Waals surface area contributed by atoms with Crippen LogP contribution in [0, 0.1) is 11.3 Å². The molecule has 0 spiro atoms. The molecular weight excluding hydrogens is 568 g/mol. The van der Waals surface area contributed by atoms with Crippen molar-refractivity contribution in [3.8, 4) is 23.3 Å². The number of allylic oxidation sites excluding steroid dienone is 2. The Hall–Kier alpha value is -3.63. The van der Waals surface area contributed by atoms with Crippen LogP contribution in [0.25, 0.3) is 5.57 Å². The van der Waals surface area contributed by atoms with Gasteiger partial charge in [0.2, 0.25) is 5.75 Å². The lowest BCUT2D eigenvalue weighted by Gasteiger charge is -2.17. The van der Waals surface area contributed by atoms with Gasteiger partial charge in [0.25, 0.3) is 11.5 Å². The number of carbonyl (C=O) groups is 1. The largest absolute Gasteiger partial charge is 0.496 e. The standard InChI is InChI=1S/C26H23ClF2N4O4P2/c1-14(7-19(24(34)31-2)18-5-4-6-20(36-3)22(18)38)12-33-13-32-23(26(28,29)39)21(25(33)35)37-17-9-15(11-30)8-16(27)10-17/h4-10,13H,1,12,38-39H2,2-3H3,(H,31,34)/b19-7-. The molecule has 3 rings (SSSR count). The average molecular weight is 591 g/mol. The van der Waals surface area contributed by atoms with Crippen LogP contribution in [0.1, 0.15) is 16.8 Å². The normalized spacial score (nSPS) is 11.5. The summed E-state index contributed by atoms with van der Waals surface area (Å²) in [5.74, 6) is -0.741. The topological polar surface area (TPSA) is 106 Å². The molecule has 0 aliphatic rings. The fourth-order valence-electron chi connectivity index (χ4n) is 3.54. The van der Waals surface area contributed by atoms with Gasteiger partial charge in [-0.25, -0.2) is 4.98 Å². The van der Waals surface area contributed by atoms with E-state index in [0.29, 0.717) is 16.6 Å². The molecule has 2 aromatic carbocycles. The molecule has 0 saturated carbocycles. The number of methoxy groups -OCH3 is 1. The number of aromatic nitrogens is 2. The zero-order valence-electron chi connectivity index (χ0n) is 20.8. The van der Waals surface area contributed by atoms with Crippen molar-refractivity contribution in [2.24, 2.45) is 0 Å². The Bertz CT molecular complexity index is 1580. The number of nitriles is 1. The number of rotatable bonds is 9. The quantitative estimate of drug-likeness (QED) is 0.225. The molecule has 202 valence electrons. The van der Waals surface area contributed by atoms with Crippen molar-refractivity contribution in [3.05, 3.63) is 93.2 Å². The third-order valence-electron chi connectivity index (χ3n) is 5.30. The predicted molar refractivity (Wildman–Crippen MR) is 152 cm³/mol. The molecule has 1 amide bonds. The minimum Gasteiger partial charge on any atom is -0.496 e. The SMILES string of the molecule is C=C(/C=C(\C(=O)NC)c1cccc(OC)c1P)Cn1cnc(C(F)(F)P)c(Oc2cc(Cl)cc(C#N)c2)c1=O. The van der Waals surface area contributed by atoms with Crippen molar-refractivity contribution < 1.29 is 23.0 Å². The van der Waals surface area contributed by atoms with Gasteiger partial charge >= 0.3 is 5.66 Å². The highest BCUT2D eigenvalue weighted by molar-refractivity contribution is 7.28. The van der Waals surface area contributed by atoms with Gasteiger partial charge in [0.05, 0.1) is 31.6 Å². The Balaban J connectivity index is 2.06. The number of carbonyl (C=O) groups excluding carboxylic acids is 1. The van der Waals surface area contributed by atoms with Gasteiger partial charge < -0.3 is 14.8 Å². The molecule has 13 heteroatoms. The molecule has 2 atom stereocenters. The first-order valence-corrected chi connectivity index (χ1v) is 12.6. The van der Waals surface area contributed by atoms with E-state index in [1.165, 1.54) is 47.7 Å². The predicted octanol–water partition coefficient (Wildman–Crippen LogP) is 4.38. The second-order valence-electron chi connectivity index (χ2n) is 8.08. The molecule has 0 fully saturated rings. The van der Waals surface area contributed by atoms with Gasteiger partial charge in [-0.1, -0.05) is 39.6 Å². The number of halogens is 3. The first kappa shape index (κ1) is 29.9. The summed E-state index contributed by atoms with van der Waals surface area (Å²) in [6.07, 6.45) is 2.41. The van der Waals surface area contributed by atoms with Crippen LogP contribution in [0.3, 0.4) is 0 Å². The van der Waals surface area contributed by atoms with E-state index < -0.39 is 28.6 Å². The third-order valence-corrected chi connectivity index (χ3v) is 6.39. The summed E-state index contributed by atoms with van der Waals surface area (Å²) < 4.78 is 40.5. The molecule has 0 aliphatic heterocycles. The van der Waals surface area contributed by atoms with Crippen LogP contribution in [0.5, 0.6) is 17.2 Å². The first-order valence-electron chi connectivity index (χ1n) is 11.1. The van der Waals surface area contributed by atoms with Gasteiger partial charge in [0.1, 0.15) is 11.5 Å². The van der Waals surface area contributed by atoms with E-state index in [0.717, 1.165) is 10.9 Å². The number of alkyl halides is 2. The molecule has 1 aromatic heterocycles. The second-order valence-corrected chi connectivity index (χ2v) is 9.82. The fourth-order valence-corrected chi connectivity index (χ4v) is 4.44. The minimum atomic E-state index is -3.60. The van der Waals surface area contributed by atoms with E-state index >= 15 is 0 Å². The Labute approximate surface area is 232 Å². The van der Waals surface area contributed by atoms with Crippen LogP contribution in [-0.4, -0.2) is 29.6 Å². The van der Waals surface area contributed by atoms with Gasteiger partial charge in [0.15, 0.2) is 5.69 Å². The van der Waals surface area contributed by atoms with Crippen molar-refractivity contribution in [2.45, 2.75) is 12.2 Å². The van der Waals surface area contributed by atoms with Crippen molar-refractivity contribution in [3.63, 3.8) is 0 Å². The van der Waals surface area contributed by atoms with Gasteiger partial charge in [-0.2, -0.15) is 14.0 Å². The average Bonchev–Trinajstić information content (AvgIpc) is 2.88. The molecule has 0 aliphatic carbocycles. The van der Waals surface area contributed by atoms with E-state index in [2.05, 4.69) is 26.1 Å². The molecule has 8 nitrogen and oxygen atoms in total. The molecule has 1 heterocycles. The van der Waals surface area contributed by atoms with Gasteiger partial charge in [-0.15, -0.1) is 9.24 Å². The third kappa shape index (κ3) is 7.07. The highest BCUT2D eigenvalue weighted by Crippen LogP contribution is 2.39. The summed E-state index contributed by atoms with van der Waals surface area (Å²) >= 11 is 5.99. The molecule has 39 heavy (non-hydrogen) atoms. The molecular formula is C26H23ClF2N4O4P2. The molecule has 2 unspecified atom stereocenters. The smallest absolute Gasteiger partial charge is 0.304 e. The molecule has 1 N–H and O–H groups in total. The van der Waals surface area contributed by atoms with E-state index in [9.17, 15) is 23.6 Å². The highest BCUT2D eigenvalue weighted by atomic mass is 35.5. The van der Waals surface area contributed by atoms with Crippen molar-refractivity contribution in [2.75, 3.05) is 14.2 Å². The number of hydrogen-bond acceptors (Lipinski definition) is 6. The number of likely N-dealkylation sites (N-methyl/N-ethyl adjacent to an activating group) is 1. The molecule has 0 saturated heterocycles. The molecule has 0 radical (unpaired) electrons. The van der Waals surface area contributed by atoms with Crippen LogP contribution in [0.15, 0.2) is 65.7 Å². The zero-order chi connectivity index (χ0) is 28.9. The van der Waals surface area contributed by atoms with Crippen LogP contribution < -0.4 is 25.7 Å². The molecule has 3 aromatic rings. The lowest BCUT2D eigenvalue weighted by molar-refractivity contribution is -0.115. The summed E-state index contributed by atoms with van der Waals surface area (Å²) in [7, 11) is 6.80. The Morgan fingerprint density at radius 2 is 2.08 bits per heavy atom. The van der Waals surface area contributed by atoms with Gasteiger partial charge in [0, 0.05) is 22.9 Å². The lowest BCUT2D eigenvalue weighted by Crippen LogP contribution is -2.26. The van der Waals surface area contributed by atoms with Crippen molar-refractivity contribution >= 4 is 46.9 Å². The number of ether oxygens (including phenoxy) is 2. The number of amides is 1. The summed E-state index contributed by atoms with van der Waals surface area (Å²) in [6, 6.07) is 10.9. The highest BCUT2D eigenvalue weighted by Gasteiger charge is 2.33. The maximum atomic E-state index is 14.3. The minimum absolute atomic E-state index is 0.0992. The van der Waals surface area contributed by atoms with Gasteiger partial charge in [-0.05, 0) is 41.5 Å². The van der Waals surface area contributed by atoms with Crippen LogP contribution >= 0.6 is 30.1 Å². The second kappa shape index (κ2) is 12.5. The Morgan fingerprint density at radius 1 is 1.36 bits per heavy atom. The van der Waals surface area contributed by atoms with Crippen molar-refractivity contribution in [1.82, 2.24) is 14.9 Å². The van der Waals surface area contributed by atoms with Crippen LogP contribution in [-0.2, 0) is 17.0 Å². The maximum absolute atomic E-state index is 14.3. The molecule has 0 bridgehead atoms. The summed E-state index contributed by atoms with van der Waals surface area (Å²) in [5, 5.41) is 12.5. The van der Waals surface area contributed by atoms with Crippen LogP contribution in [0.2, 0.25) is 5.02 Å². The number of nitrogens with one attached hydrogen (secondary N) is 1. The number of benzene rings is 2. The van der Waals surface area contributed by atoms with Crippen molar-refractivity contribution in [1.29, 1.82) is 5.26 Å². The Kier molecular flexibility index (Phi) is 9.58. The summed E-state index contributed by atoms with van der Waals surface area (Å²) in [6.45, 7) is 3.73. The van der Waals surface area contributed by atoms with E-state index in [4.69, 9.17) is 21.1 Å². The number of nitrogens with zero attached hydrogens (tertiary/aromatic N) is 3. The summed E-state index contributed by atoms with van der Waals surface area (Å²) in [4.78, 5) is 29.8. The first-order chi connectivity index (χ1) is 18.4. The maximum Gasteiger partial charge on any atom is 0.304 e. The van der Waals surface area contributed by atoms with Crippen LogP contribution in [0.4, 0.5) is 8.78 Å². The fraction of sp³-hybridized carbons (Fsp3) is 0.154. The van der Waals surface area contributed by atoms with E-state index in [1.54, 1.807) is 18.2 Å². The van der Waals surface area contributed by atoms with Gasteiger partial charge in [-0.3, -0.25) is 14.2 Å².